The molecule has 0 aliphatic carbocycles. The minimum Gasteiger partial charge on any atom is -0.364 e. The van der Waals surface area contributed by atoms with Gasteiger partial charge in [-0.2, -0.15) is 4.98 Å². The van der Waals surface area contributed by atoms with Crippen LogP contribution in [0.2, 0.25) is 5.28 Å². The number of H-pyrrole nitrogens is 1. The third-order valence-corrected chi connectivity index (χ3v) is 4.11. The predicted molar refractivity (Wildman–Crippen MR) is 87.9 cm³/mol. The number of nitrogens with zero attached hydrogens (tertiary/aromatic N) is 2. The molecule has 0 saturated heterocycles. The highest BCUT2D eigenvalue weighted by molar-refractivity contribution is 7.09. The molecule has 0 aromatic carbocycles. The normalized spacial score (nSPS) is 12.7. The highest BCUT2D eigenvalue weighted by Gasteiger charge is 2.11. The zero-order valence-electron chi connectivity index (χ0n) is 11.6. The molecule has 110 valence electrons. The largest absolute Gasteiger partial charge is 0.364 e. The molecule has 0 radical (unpaired) electrons. The number of hydrogen-bond donors (Lipinski definition) is 3. The molecular weight excluding hydrogens is 306 g/mol. The maximum Gasteiger partial charge on any atom is 0.226 e. The fraction of sp³-hybridized carbons (Fsp3) is 0.286. The minimum absolute atomic E-state index is 0.0871. The topological polar surface area (TPSA) is 79.6 Å². The van der Waals surface area contributed by atoms with E-state index in [0.717, 1.165) is 29.0 Å². The summed E-state index contributed by atoms with van der Waals surface area (Å²) in [6.07, 6.45) is 0.762. The van der Waals surface area contributed by atoms with E-state index in [0.29, 0.717) is 6.54 Å². The average molecular weight is 322 g/mol. The molecule has 1 atom stereocenters. The Labute approximate surface area is 131 Å². The van der Waals surface area contributed by atoms with Crippen molar-refractivity contribution in [1.29, 1.82) is 0 Å². The maximum absolute atomic E-state index is 6.00. The van der Waals surface area contributed by atoms with E-state index in [1.807, 2.05) is 19.1 Å². The Bertz CT molecular complexity index is 735. The first-order valence-electron chi connectivity index (χ1n) is 6.69. The van der Waals surface area contributed by atoms with Crippen molar-refractivity contribution in [1.82, 2.24) is 15.0 Å². The monoisotopic (exact) mass is 321 g/mol. The summed E-state index contributed by atoms with van der Waals surface area (Å²) in [5.74, 6) is 0.741. The van der Waals surface area contributed by atoms with Crippen LogP contribution in [0.4, 0.5) is 5.82 Å². The van der Waals surface area contributed by atoms with Crippen LogP contribution in [-0.4, -0.2) is 21.0 Å². The number of fused-ring (bicyclic) bond motifs is 1. The molecule has 0 saturated carbocycles. The molecule has 3 rings (SSSR count). The molecule has 0 spiro atoms. The van der Waals surface area contributed by atoms with Crippen LogP contribution >= 0.6 is 22.9 Å². The van der Waals surface area contributed by atoms with Crippen molar-refractivity contribution in [3.8, 4) is 0 Å². The van der Waals surface area contributed by atoms with Crippen LogP contribution in [0.25, 0.3) is 11.0 Å². The molecule has 21 heavy (non-hydrogen) atoms. The lowest BCUT2D eigenvalue weighted by Gasteiger charge is -2.05. The van der Waals surface area contributed by atoms with Crippen LogP contribution in [0.15, 0.2) is 23.6 Å². The molecular formula is C14H16ClN5S. The SMILES string of the molecule is C[C@H](N)Cc1cc2c(NCc3cccs3)nc(Cl)nc2[nH]1. The third-order valence-electron chi connectivity index (χ3n) is 3.07. The lowest BCUT2D eigenvalue weighted by atomic mass is 10.2. The summed E-state index contributed by atoms with van der Waals surface area (Å²) in [7, 11) is 0. The number of rotatable bonds is 5. The van der Waals surface area contributed by atoms with Gasteiger partial charge in [0.1, 0.15) is 11.5 Å². The van der Waals surface area contributed by atoms with Crippen LogP contribution in [0.1, 0.15) is 17.5 Å². The van der Waals surface area contributed by atoms with Gasteiger partial charge in [0.15, 0.2) is 0 Å². The van der Waals surface area contributed by atoms with E-state index in [-0.39, 0.29) is 11.3 Å². The maximum atomic E-state index is 6.00. The molecule has 3 aromatic rings. The average Bonchev–Trinajstić information content (AvgIpc) is 3.03. The molecule has 7 heteroatoms. The van der Waals surface area contributed by atoms with E-state index < -0.39 is 0 Å². The smallest absolute Gasteiger partial charge is 0.226 e. The van der Waals surface area contributed by atoms with Crippen molar-refractivity contribution in [2.75, 3.05) is 5.32 Å². The van der Waals surface area contributed by atoms with Gasteiger partial charge in [0.2, 0.25) is 5.28 Å². The van der Waals surface area contributed by atoms with E-state index in [1.54, 1.807) is 11.3 Å². The molecule has 0 amide bonds. The Morgan fingerprint density at radius 1 is 1.48 bits per heavy atom. The summed E-state index contributed by atoms with van der Waals surface area (Å²) in [5, 5.41) is 6.54. The Morgan fingerprint density at radius 3 is 3.05 bits per heavy atom. The minimum atomic E-state index is 0.0871. The van der Waals surface area contributed by atoms with Crippen molar-refractivity contribution >= 4 is 39.8 Å². The lowest BCUT2D eigenvalue weighted by molar-refractivity contribution is 0.726. The van der Waals surface area contributed by atoms with Gasteiger partial charge in [-0.15, -0.1) is 11.3 Å². The predicted octanol–water partition coefficient (Wildman–Crippen LogP) is 3.17. The first-order valence-corrected chi connectivity index (χ1v) is 7.94. The quantitative estimate of drug-likeness (QED) is 0.631. The second-order valence-corrected chi connectivity index (χ2v) is 6.38. The van der Waals surface area contributed by atoms with Crippen molar-refractivity contribution in [3.05, 3.63) is 39.4 Å². The number of aromatic amines is 1. The van der Waals surface area contributed by atoms with E-state index >= 15 is 0 Å². The molecule has 3 heterocycles. The summed E-state index contributed by atoms with van der Waals surface area (Å²) in [6, 6.07) is 6.23. The van der Waals surface area contributed by atoms with Gasteiger partial charge in [-0.05, 0) is 36.0 Å². The fourth-order valence-electron chi connectivity index (χ4n) is 2.21. The molecule has 5 nitrogen and oxygen atoms in total. The highest BCUT2D eigenvalue weighted by Crippen LogP contribution is 2.24. The van der Waals surface area contributed by atoms with E-state index in [4.69, 9.17) is 17.3 Å². The number of nitrogens with one attached hydrogen (secondary N) is 2. The van der Waals surface area contributed by atoms with E-state index in [1.165, 1.54) is 4.88 Å². The number of aromatic nitrogens is 3. The number of nitrogens with two attached hydrogens (primary N) is 1. The summed E-state index contributed by atoms with van der Waals surface area (Å²) >= 11 is 7.70. The number of halogens is 1. The Morgan fingerprint density at radius 2 is 2.33 bits per heavy atom. The van der Waals surface area contributed by atoms with Gasteiger partial charge in [0.25, 0.3) is 0 Å². The van der Waals surface area contributed by atoms with E-state index in [9.17, 15) is 0 Å². The highest BCUT2D eigenvalue weighted by atomic mass is 35.5. The van der Waals surface area contributed by atoms with Gasteiger partial charge in [-0.25, -0.2) is 4.98 Å². The molecule has 0 fully saturated rings. The summed E-state index contributed by atoms with van der Waals surface area (Å²) < 4.78 is 0. The first kappa shape index (κ1) is 14.3. The summed E-state index contributed by atoms with van der Waals surface area (Å²) in [4.78, 5) is 13.0. The van der Waals surface area contributed by atoms with Gasteiger partial charge in [-0.3, -0.25) is 0 Å². The van der Waals surface area contributed by atoms with Crippen LogP contribution < -0.4 is 11.1 Å². The van der Waals surface area contributed by atoms with Crippen LogP contribution in [0.5, 0.6) is 0 Å². The molecule has 0 aliphatic rings. The Kier molecular flexibility index (Phi) is 4.10. The third kappa shape index (κ3) is 3.34. The number of hydrogen-bond acceptors (Lipinski definition) is 5. The molecule has 0 aliphatic heterocycles. The van der Waals surface area contributed by atoms with E-state index in [2.05, 4.69) is 31.7 Å². The van der Waals surface area contributed by atoms with Crippen molar-refractivity contribution in [2.45, 2.75) is 25.9 Å². The number of thiophene rings is 1. The molecule has 0 unspecified atom stereocenters. The summed E-state index contributed by atoms with van der Waals surface area (Å²) in [5.41, 5.74) is 7.61. The lowest BCUT2D eigenvalue weighted by Crippen LogP contribution is -2.17. The standard InChI is InChI=1S/C14H16ClN5S/c1-8(16)5-9-6-11-12(17-7-10-3-2-4-21-10)19-14(15)20-13(11)18-9/h2-4,6,8H,5,7,16H2,1H3,(H2,17,18,19,20)/t8-/m0/s1. The van der Waals surface area contributed by atoms with Gasteiger partial charge < -0.3 is 16.0 Å². The Balaban J connectivity index is 1.90. The fourth-order valence-corrected chi connectivity index (χ4v) is 3.03. The van der Waals surface area contributed by atoms with Gasteiger partial charge in [0.05, 0.1) is 11.9 Å². The van der Waals surface area contributed by atoms with Crippen LogP contribution in [0.3, 0.4) is 0 Å². The van der Waals surface area contributed by atoms with Gasteiger partial charge in [0, 0.05) is 23.0 Å². The van der Waals surface area contributed by atoms with Crippen molar-refractivity contribution < 1.29 is 0 Å². The van der Waals surface area contributed by atoms with Crippen LogP contribution in [-0.2, 0) is 13.0 Å². The van der Waals surface area contributed by atoms with Gasteiger partial charge >= 0.3 is 0 Å². The molecule has 4 N–H and O–H groups in total. The summed E-state index contributed by atoms with van der Waals surface area (Å²) in [6.45, 7) is 2.69. The second kappa shape index (κ2) is 6.01. The molecule has 0 bridgehead atoms. The Hall–Kier alpha value is -1.63. The second-order valence-electron chi connectivity index (χ2n) is 5.01. The van der Waals surface area contributed by atoms with Crippen LogP contribution in [0, 0.1) is 0 Å². The molecule has 3 aromatic heterocycles. The first-order chi connectivity index (χ1) is 10.1. The number of anilines is 1. The van der Waals surface area contributed by atoms with Crippen molar-refractivity contribution in [2.24, 2.45) is 5.73 Å². The van der Waals surface area contributed by atoms with Crippen molar-refractivity contribution in [3.63, 3.8) is 0 Å². The van der Waals surface area contributed by atoms with Gasteiger partial charge in [-0.1, -0.05) is 6.07 Å². The zero-order valence-corrected chi connectivity index (χ0v) is 13.1. The zero-order chi connectivity index (χ0) is 14.8.